The smallest absolute Gasteiger partial charge is 0.314 e. The van der Waals surface area contributed by atoms with Gasteiger partial charge in [0.15, 0.2) is 0 Å². The molecule has 0 saturated heterocycles. The molecule has 1 unspecified atom stereocenters. The highest BCUT2D eigenvalue weighted by Crippen LogP contribution is 2.16. The van der Waals surface area contributed by atoms with Gasteiger partial charge in [-0.05, 0) is 17.7 Å². The summed E-state index contributed by atoms with van der Waals surface area (Å²) in [6.07, 6.45) is 0. The first-order valence-corrected chi connectivity index (χ1v) is 4.22. The topological polar surface area (TPSA) is 52.3 Å². The normalized spacial score (nSPS) is 11.4. The first-order chi connectivity index (χ1) is 6.69. The molecule has 0 aliphatic rings. The molecule has 0 radical (unpaired) electrons. The molecule has 0 aromatic heterocycles. The van der Waals surface area contributed by atoms with Crippen molar-refractivity contribution in [2.24, 2.45) is 5.73 Å². The van der Waals surface area contributed by atoms with E-state index >= 15 is 0 Å². The second-order valence-corrected chi connectivity index (χ2v) is 2.86. The maximum Gasteiger partial charge on any atom is 0.314 e. The molecule has 0 bridgehead atoms. The van der Waals surface area contributed by atoms with Gasteiger partial charge in [-0.2, -0.15) is 0 Å². The van der Waals surface area contributed by atoms with Crippen LogP contribution in [0.25, 0.3) is 0 Å². The van der Waals surface area contributed by atoms with Crippen LogP contribution < -0.4 is 5.73 Å². The molecule has 1 atom stereocenters. The lowest BCUT2D eigenvalue weighted by Crippen LogP contribution is -2.22. The number of rotatable bonds is 3. The van der Waals surface area contributed by atoms with Gasteiger partial charge < -0.3 is 10.5 Å². The van der Waals surface area contributed by atoms with Gasteiger partial charge in [0.25, 0.3) is 0 Å². The molecule has 0 aliphatic heterocycles. The van der Waals surface area contributed by atoms with Crippen LogP contribution in [0.3, 0.4) is 0 Å². The van der Waals surface area contributed by atoms with E-state index in [1.54, 1.807) is 0 Å². The molecule has 0 saturated carbocycles. The van der Waals surface area contributed by atoms with E-state index in [0.717, 1.165) is 0 Å². The Bertz CT molecular complexity index is 316. The van der Waals surface area contributed by atoms with Crippen LogP contribution in [0, 0.1) is 5.82 Å². The molecule has 1 rings (SSSR count). The zero-order valence-electron chi connectivity index (χ0n) is 8.27. The van der Waals surface area contributed by atoms with Gasteiger partial charge in [0.1, 0.15) is 5.82 Å². The van der Waals surface area contributed by atoms with Crippen LogP contribution in [0.4, 0.5) is 4.39 Å². The highest BCUT2D eigenvalue weighted by Gasteiger charge is 2.19. The Morgan fingerprint density at radius 1 is 1.47 bits per heavy atom. The minimum Gasteiger partial charge on any atom is -0.469 e. The maximum atomic E-state index is 12.6. The molecule has 0 fully saturated rings. The number of methoxy groups -OCH3 is 1. The van der Waals surface area contributed by atoms with Crippen molar-refractivity contribution in [2.45, 2.75) is 5.92 Å². The van der Waals surface area contributed by atoms with E-state index in [1.807, 2.05) is 0 Å². The second-order valence-electron chi connectivity index (χ2n) is 2.86. The molecule has 2 N–H and O–H groups in total. The highest BCUT2D eigenvalue weighted by molar-refractivity contribution is 5.85. The average Bonchev–Trinajstić information content (AvgIpc) is 2.21. The van der Waals surface area contributed by atoms with Gasteiger partial charge in [-0.15, -0.1) is 12.4 Å². The second kappa shape index (κ2) is 6.37. The van der Waals surface area contributed by atoms with Crippen molar-refractivity contribution in [2.75, 3.05) is 13.7 Å². The Kier molecular flexibility index (Phi) is 5.89. The minimum absolute atomic E-state index is 0. The summed E-state index contributed by atoms with van der Waals surface area (Å²) in [7, 11) is 1.30. The number of nitrogens with two attached hydrogens (primary N) is 1. The molecular formula is C10H13ClFNO2. The number of hydrogen-bond acceptors (Lipinski definition) is 3. The third-order valence-electron chi connectivity index (χ3n) is 1.99. The quantitative estimate of drug-likeness (QED) is 0.805. The SMILES string of the molecule is COC(=O)C(CN)c1ccc(F)cc1.Cl. The number of halogens is 2. The predicted octanol–water partition coefficient (Wildman–Crippen LogP) is 1.46. The monoisotopic (exact) mass is 233 g/mol. The zero-order chi connectivity index (χ0) is 10.6. The molecule has 5 heteroatoms. The number of benzene rings is 1. The predicted molar refractivity (Wildman–Crippen MR) is 57.5 cm³/mol. The summed E-state index contributed by atoms with van der Waals surface area (Å²) in [6, 6.07) is 5.65. The molecular weight excluding hydrogens is 221 g/mol. The van der Waals surface area contributed by atoms with Gasteiger partial charge in [-0.25, -0.2) is 4.39 Å². The summed E-state index contributed by atoms with van der Waals surface area (Å²) in [5, 5.41) is 0. The fourth-order valence-corrected chi connectivity index (χ4v) is 1.21. The number of hydrogen-bond donors (Lipinski definition) is 1. The van der Waals surface area contributed by atoms with Gasteiger partial charge in [-0.1, -0.05) is 12.1 Å². The standard InChI is InChI=1S/C10H12FNO2.ClH/c1-14-10(13)9(6-12)7-2-4-8(11)5-3-7;/h2-5,9H,6,12H2,1H3;1H. The van der Waals surface area contributed by atoms with E-state index in [-0.39, 0.29) is 24.8 Å². The summed E-state index contributed by atoms with van der Waals surface area (Å²) in [4.78, 5) is 11.2. The van der Waals surface area contributed by atoms with Gasteiger partial charge in [0.05, 0.1) is 13.0 Å². The Labute approximate surface area is 93.8 Å². The summed E-state index contributed by atoms with van der Waals surface area (Å²) in [5.41, 5.74) is 6.09. The number of carbonyl (C=O) groups is 1. The lowest BCUT2D eigenvalue weighted by atomic mass is 9.99. The molecule has 0 amide bonds. The fraction of sp³-hybridized carbons (Fsp3) is 0.300. The van der Waals surface area contributed by atoms with Crippen LogP contribution in [0.2, 0.25) is 0 Å². The van der Waals surface area contributed by atoms with Gasteiger partial charge in [0, 0.05) is 6.54 Å². The van der Waals surface area contributed by atoms with Crippen molar-refractivity contribution in [3.8, 4) is 0 Å². The van der Waals surface area contributed by atoms with E-state index in [1.165, 1.54) is 31.4 Å². The van der Waals surface area contributed by atoms with Crippen molar-refractivity contribution in [1.29, 1.82) is 0 Å². The van der Waals surface area contributed by atoms with Crippen LogP contribution in [0.5, 0.6) is 0 Å². The molecule has 1 aromatic carbocycles. The van der Waals surface area contributed by atoms with E-state index < -0.39 is 11.9 Å². The molecule has 3 nitrogen and oxygen atoms in total. The first kappa shape index (κ1) is 13.9. The summed E-state index contributed by atoms with van der Waals surface area (Å²) in [5.74, 6) is -1.26. The van der Waals surface area contributed by atoms with Crippen molar-refractivity contribution < 1.29 is 13.9 Å². The first-order valence-electron chi connectivity index (χ1n) is 4.22. The van der Waals surface area contributed by atoms with E-state index in [4.69, 9.17) is 5.73 Å². The highest BCUT2D eigenvalue weighted by atomic mass is 35.5. The van der Waals surface area contributed by atoms with E-state index in [9.17, 15) is 9.18 Å². The molecule has 15 heavy (non-hydrogen) atoms. The van der Waals surface area contributed by atoms with Crippen LogP contribution in [-0.4, -0.2) is 19.6 Å². The van der Waals surface area contributed by atoms with Crippen LogP contribution in [-0.2, 0) is 9.53 Å². The third-order valence-corrected chi connectivity index (χ3v) is 1.99. The van der Waals surface area contributed by atoms with Crippen LogP contribution >= 0.6 is 12.4 Å². The zero-order valence-corrected chi connectivity index (χ0v) is 9.09. The van der Waals surface area contributed by atoms with E-state index in [0.29, 0.717) is 5.56 Å². The Balaban J connectivity index is 0.00000196. The van der Waals surface area contributed by atoms with Crippen LogP contribution in [0.15, 0.2) is 24.3 Å². The Morgan fingerprint density at radius 2 is 2.00 bits per heavy atom. The summed E-state index contributed by atoms with van der Waals surface area (Å²) >= 11 is 0. The Morgan fingerprint density at radius 3 is 2.40 bits per heavy atom. The largest absolute Gasteiger partial charge is 0.469 e. The average molecular weight is 234 g/mol. The van der Waals surface area contributed by atoms with Gasteiger partial charge in [-0.3, -0.25) is 4.79 Å². The summed E-state index contributed by atoms with van der Waals surface area (Å²) in [6.45, 7) is 0.151. The molecule has 0 heterocycles. The van der Waals surface area contributed by atoms with E-state index in [2.05, 4.69) is 4.74 Å². The summed E-state index contributed by atoms with van der Waals surface area (Å²) < 4.78 is 17.2. The Hall–Kier alpha value is -1.13. The maximum absolute atomic E-state index is 12.6. The molecule has 0 aliphatic carbocycles. The van der Waals surface area contributed by atoms with Crippen molar-refractivity contribution >= 4 is 18.4 Å². The molecule has 84 valence electrons. The lowest BCUT2D eigenvalue weighted by molar-refractivity contribution is -0.142. The number of carbonyl (C=O) groups excluding carboxylic acids is 1. The lowest BCUT2D eigenvalue weighted by Gasteiger charge is -2.11. The molecule has 0 spiro atoms. The van der Waals surface area contributed by atoms with Crippen molar-refractivity contribution in [3.63, 3.8) is 0 Å². The number of ether oxygens (including phenoxy) is 1. The fourth-order valence-electron chi connectivity index (χ4n) is 1.21. The van der Waals surface area contributed by atoms with Gasteiger partial charge in [0.2, 0.25) is 0 Å². The third kappa shape index (κ3) is 3.49. The number of esters is 1. The van der Waals surface area contributed by atoms with Crippen molar-refractivity contribution in [3.05, 3.63) is 35.6 Å². The van der Waals surface area contributed by atoms with Gasteiger partial charge >= 0.3 is 5.97 Å². The minimum atomic E-state index is -0.513. The molecule has 1 aromatic rings. The van der Waals surface area contributed by atoms with Crippen LogP contribution in [0.1, 0.15) is 11.5 Å². The van der Waals surface area contributed by atoms with Crippen molar-refractivity contribution in [1.82, 2.24) is 0 Å².